The van der Waals surface area contributed by atoms with Crippen LogP contribution in [0.15, 0.2) is 0 Å². The van der Waals surface area contributed by atoms with Gasteiger partial charge in [0.15, 0.2) is 0 Å². The first kappa shape index (κ1) is 16.7. The second kappa shape index (κ2) is 9.55. The molecule has 0 bridgehead atoms. The highest BCUT2D eigenvalue weighted by molar-refractivity contribution is 5.73. The molecular weight excluding hydrogens is 262 g/mol. The normalized spacial score (nSPS) is 15.5. The number of carbonyl (C=O) groups excluding carboxylic acids is 1. The quantitative estimate of drug-likeness (QED) is 0.529. The lowest BCUT2D eigenvalue weighted by molar-refractivity contribution is -0.142. The summed E-state index contributed by atoms with van der Waals surface area (Å²) in [4.78, 5) is 23.9. The first-order valence-corrected chi connectivity index (χ1v) is 7.11. The number of urea groups is 1. The van der Waals surface area contributed by atoms with Crippen LogP contribution in [-0.2, 0) is 9.53 Å². The number of hydrogen-bond donors (Lipinski definition) is 3. The molecule has 7 nitrogen and oxygen atoms in total. The van der Waals surface area contributed by atoms with Gasteiger partial charge >= 0.3 is 12.0 Å². The van der Waals surface area contributed by atoms with E-state index < -0.39 is 5.97 Å². The van der Waals surface area contributed by atoms with Crippen LogP contribution in [0.2, 0.25) is 0 Å². The van der Waals surface area contributed by atoms with Crippen LogP contribution in [0.25, 0.3) is 0 Å². The van der Waals surface area contributed by atoms with Gasteiger partial charge in [-0.25, -0.2) is 9.59 Å². The van der Waals surface area contributed by atoms with Gasteiger partial charge in [0.25, 0.3) is 0 Å². The largest absolute Gasteiger partial charge is 0.480 e. The number of nitrogens with zero attached hydrogens (tertiary/aromatic N) is 1. The SMILES string of the molecule is CN(CCNC(=O)NCCOCC(=O)O)C1CCCC1. The molecule has 116 valence electrons. The third-order valence-corrected chi connectivity index (χ3v) is 3.46. The van der Waals surface area contributed by atoms with Crippen LogP contribution in [-0.4, -0.2) is 67.9 Å². The van der Waals surface area contributed by atoms with Crippen LogP contribution < -0.4 is 10.6 Å². The molecule has 0 aromatic carbocycles. The zero-order chi connectivity index (χ0) is 14.8. The summed E-state index contributed by atoms with van der Waals surface area (Å²) in [6.45, 7) is 1.61. The Hall–Kier alpha value is -1.34. The highest BCUT2D eigenvalue weighted by Gasteiger charge is 2.18. The number of likely N-dealkylation sites (N-methyl/N-ethyl adjacent to an activating group) is 1. The molecule has 1 fully saturated rings. The number of carboxylic acid groups (broad SMARTS) is 1. The smallest absolute Gasteiger partial charge is 0.329 e. The van der Waals surface area contributed by atoms with Crippen molar-refractivity contribution in [3.05, 3.63) is 0 Å². The second-order valence-corrected chi connectivity index (χ2v) is 5.05. The Bertz CT molecular complexity index is 306. The molecule has 1 saturated carbocycles. The lowest BCUT2D eigenvalue weighted by Crippen LogP contribution is -2.42. The molecule has 2 amide bonds. The fraction of sp³-hybridized carbons (Fsp3) is 0.846. The van der Waals surface area contributed by atoms with Crippen LogP contribution in [0.4, 0.5) is 4.79 Å². The summed E-state index contributed by atoms with van der Waals surface area (Å²) in [5.41, 5.74) is 0. The highest BCUT2D eigenvalue weighted by atomic mass is 16.5. The topological polar surface area (TPSA) is 90.9 Å². The molecule has 1 aliphatic carbocycles. The van der Waals surface area contributed by atoms with E-state index >= 15 is 0 Å². The molecule has 20 heavy (non-hydrogen) atoms. The summed E-state index contributed by atoms with van der Waals surface area (Å²) < 4.78 is 4.81. The van der Waals surface area contributed by atoms with Crippen molar-refractivity contribution in [3.8, 4) is 0 Å². The minimum Gasteiger partial charge on any atom is -0.480 e. The number of rotatable bonds is 9. The van der Waals surface area contributed by atoms with E-state index in [2.05, 4.69) is 22.6 Å². The van der Waals surface area contributed by atoms with Crippen molar-refractivity contribution in [2.45, 2.75) is 31.7 Å². The van der Waals surface area contributed by atoms with Gasteiger partial charge in [0.1, 0.15) is 6.61 Å². The Morgan fingerprint density at radius 3 is 2.55 bits per heavy atom. The molecule has 7 heteroatoms. The molecular formula is C13H25N3O4. The molecule has 1 aliphatic rings. The molecule has 1 rings (SSSR count). The minimum absolute atomic E-state index is 0.196. The maximum Gasteiger partial charge on any atom is 0.329 e. The Labute approximate surface area is 119 Å². The Kier molecular flexibility index (Phi) is 7.98. The Morgan fingerprint density at radius 1 is 1.25 bits per heavy atom. The third kappa shape index (κ3) is 7.30. The number of amides is 2. The van der Waals surface area contributed by atoms with Gasteiger partial charge in [-0.2, -0.15) is 0 Å². The molecule has 0 saturated heterocycles. The average molecular weight is 287 g/mol. The minimum atomic E-state index is -1.01. The third-order valence-electron chi connectivity index (χ3n) is 3.46. The summed E-state index contributed by atoms with van der Waals surface area (Å²) >= 11 is 0. The molecule has 0 radical (unpaired) electrons. The molecule has 0 aliphatic heterocycles. The lowest BCUT2D eigenvalue weighted by Gasteiger charge is -2.23. The van der Waals surface area contributed by atoms with E-state index in [1.807, 2.05) is 0 Å². The Morgan fingerprint density at radius 2 is 1.90 bits per heavy atom. The van der Waals surface area contributed by atoms with Gasteiger partial charge in [-0.15, -0.1) is 0 Å². The van der Waals surface area contributed by atoms with Crippen molar-refractivity contribution >= 4 is 12.0 Å². The van der Waals surface area contributed by atoms with Gasteiger partial charge in [0.2, 0.25) is 0 Å². The molecule has 0 aromatic rings. The maximum absolute atomic E-state index is 11.4. The van der Waals surface area contributed by atoms with Gasteiger partial charge in [-0.1, -0.05) is 12.8 Å². The molecule has 0 heterocycles. The van der Waals surface area contributed by atoms with E-state index in [1.165, 1.54) is 25.7 Å². The monoisotopic (exact) mass is 287 g/mol. The van der Waals surface area contributed by atoms with E-state index in [1.54, 1.807) is 0 Å². The van der Waals surface area contributed by atoms with Crippen LogP contribution >= 0.6 is 0 Å². The van der Waals surface area contributed by atoms with Crippen LogP contribution in [0.3, 0.4) is 0 Å². The van der Waals surface area contributed by atoms with Crippen molar-refractivity contribution in [1.82, 2.24) is 15.5 Å². The fourth-order valence-electron chi connectivity index (χ4n) is 2.33. The predicted octanol–water partition coefficient (Wildman–Crippen LogP) is 0.261. The standard InChI is InChI=1S/C13H25N3O4/c1-16(11-4-2-3-5-11)8-6-14-13(19)15-7-9-20-10-12(17)18/h11H,2-10H2,1H3,(H,17,18)(H2,14,15,19). The van der Waals surface area contributed by atoms with E-state index in [0.29, 0.717) is 19.1 Å². The number of hydrogen-bond acceptors (Lipinski definition) is 4. The number of nitrogens with one attached hydrogen (secondary N) is 2. The first-order chi connectivity index (χ1) is 9.59. The van der Waals surface area contributed by atoms with Crippen molar-refractivity contribution in [2.75, 3.05) is 39.9 Å². The van der Waals surface area contributed by atoms with Gasteiger partial charge in [0.05, 0.1) is 6.61 Å². The van der Waals surface area contributed by atoms with Crippen LogP contribution in [0.5, 0.6) is 0 Å². The maximum atomic E-state index is 11.4. The predicted molar refractivity (Wildman–Crippen MR) is 74.7 cm³/mol. The average Bonchev–Trinajstić information content (AvgIpc) is 2.91. The zero-order valence-electron chi connectivity index (χ0n) is 12.1. The van der Waals surface area contributed by atoms with Gasteiger partial charge in [-0.3, -0.25) is 0 Å². The summed E-state index contributed by atoms with van der Waals surface area (Å²) in [7, 11) is 2.09. The summed E-state index contributed by atoms with van der Waals surface area (Å²) in [5.74, 6) is -1.01. The molecule has 0 spiro atoms. The summed E-state index contributed by atoms with van der Waals surface area (Å²) in [6, 6.07) is 0.410. The van der Waals surface area contributed by atoms with Gasteiger partial charge in [-0.05, 0) is 19.9 Å². The molecule has 0 unspecified atom stereocenters. The number of carbonyl (C=O) groups is 2. The van der Waals surface area contributed by atoms with Crippen molar-refractivity contribution < 1.29 is 19.4 Å². The molecule has 3 N–H and O–H groups in total. The first-order valence-electron chi connectivity index (χ1n) is 7.11. The highest BCUT2D eigenvalue weighted by Crippen LogP contribution is 2.21. The summed E-state index contributed by atoms with van der Waals surface area (Å²) in [6.07, 6.45) is 5.12. The van der Waals surface area contributed by atoms with Crippen molar-refractivity contribution in [2.24, 2.45) is 0 Å². The number of aliphatic carboxylic acids is 1. The second-order valence-electron chi connectivity index (χ2n) is 5.05. The Balaban J connectivity index is 1.95. The van der Waals surface area contributed by atoms with E-state index in [-0.39, 0.29) is 19.2 Å². The molecule has 0 atom stereocenters. The van der Waals surface area contributed by atoms with Crippen molar-refractivity contribution in [1.29, 1.82) is 0 Å². The van der Waals surface area contributed by atoms with E-state index in [0.717, 1.165) is 6.54 Å². The van der Waals surface area contributed by atoms with Gasteiger partial charge in [0, 0.05) is 25.7 Å². The van der Waals surface area contributed by atoms with Crippen molar-refractivity contribution in [3.63, 3.8) is 0 Å². The molecule has 0 aromatic heterocycles. The zero-order valence-corrected chi connectivity index (χ0v) is 12.1. The lowest BCUT2D eigenvalue weighted by atomic mass is 10.2. The fourth-order valence-corrected chi connectivity index (χ4v) is 2.33. The van der Waals surface area contributed by atoms with Crippen LogP contribution in [0.1, 0.15) is 25.7 Å². The van der Waals surface area contributed by atoms with E-state index in [4.69, 9.17) is 9.84 Å². The summed E-state index contributed by atoms with van der Waals surface area (Å²) in [5, 5.41) is 13.7. The number of ether oxygens (including phenoxy) is 1. The van der Waals surface area contributed by atoms with Crippen LogP contribution in [0, 0.1) is 0 Å². The van der Waals surface area contributed by atoms with Gasteiger partial charge < -0.3 is 25.4 Å². The number of carboxylic acids is 1. The van der Waals surface area contributed by atoms with E-state index in [9.17, 15) is 9.59 Å².